The fourth-order valence-electron chi connectivity index (χ4n) is 1.93. The van der Waals surface area contributed by atoms with E-state index in [0.717, 1.165) is 51.7 Å². The molecule has 0 aliphatic heterocycles. The molecule has 0 radical (unpaired) electrons. The van der Waals surface area contributed by atoms with E-state index in [1.165, 1.54) is 0 Å². The molecule has 0 N–H and O–H groups in total. The SMILES string of the molecule is CC(C)(C)[Si](C)(C)OCCCCC#CC#CCCCCO[Si](C)(C)C(C)(C)C. The molecule has 28 heavy (non-hydrogen) atoms. The molecule has 0 atom stereocenters. The second-order valence-electron chi connectivity index (χ2n) is 10.7. The lowest BCUT2D eigenvalue weighted by atomic mass is 10.2. The molecule has 0 spiro atoms. The fraction of sp³-hybridized carbons (Fsp3) is 0.833. The lowest BCUT2D eigenvalue weighted by molar-refractivity contribution is 0.279. The van der Waals surface area contributed by atoms with E-state index in [1.54, 1.807) is 0 Å². The van der Waals surface area contributed by atoms with Gasteiger partial charge in [-0.3, -0.25) is 0 Å². The Hall–Kier alpha value is -0.526. The van der Waals surface area contributed by atoms with Gasteiger partial charge in [-0.05, 0) is 73.8 Å². The molecule has 0 aliphatic carbocycles. The highest BCUT2D eigenvalue weighted by molar-refractivity contribution is 6.74. The molecule has 0 fully saturated rings. The summed E-state index contributed by atoms with van der Waals surface area (Å²) in [5.41, 5.74) is 0. The van der Waals surface area contributed by atoms with Gasteiger partial charge in [-0.1, -0.05) is 53.4 Å². The van der Waals surface area contributed by atoms with Crippen LogP contribution in [0.3, 0.4) is 0 Å². The molecule has 0 heterocycles. The minimum absolute atomic E-state index is 0.291. The van der Waals surface area contributed by atoms with Crippen molar-refractivity contribution in [3.63, 3.8) is 0 Å². The van der Waals surface area contributed by atoms with Crippen LogP contribution in [-0.2, 0) is 8.85 Å². The second-order valence-corrected chi connectivity index (χ2v) is 20.4. The number of unbranched alkanes of at least 4 members (excludes halogenated alkanes) is 4. The van der Waals surface area contributed by atoms with Gasteiger partial charge in [0.1, 0.15) is 0 Å². The van der Waals surface area contributed by atoms with Gasteiger partial charge in [0.2, 0.25) is 0 Å². The average molecular weight is 423 g/mol. The third-order valence-corrected chi connectivity index (χ3v) is 15.2. The van der Waals surface area contributed by atoms with Gasteiger partial charge >= 0.3 is 0 Å². The highest BCUT2D eigenvalue weighted by Crippen LogP contribution is 2.37. The van der Waals surface area contributed by atoms with Gasteiger partial charge in [-0.15, -0.1) is 0 Å². The van der Waals surface area contributed by atoms with Gasteiger partial charge in [0.15, 0.2) is 16.6 Å². The molecule has 2 nitrogen and oxygen atoms in total. The quantitative estimate of drug-likeness (QED) is 0.208. The van der Waals surface area contributed by atoms with Crippen LogP contribution in [0.2, 0.25) is 36.3 Å². The van der Waals surface area contributed by atoms with Gasteiger partial charge in [-0.25, -0.2) is 0 Å². The van der Waals surface area contributed by atoms with Crippen LogP contribution < -0.4 is 0 Å². The van der Waals surface area contributed by atoms with Crippen molar-refractivity contribution < 1.29 is 8.85 Å². The minimum atomic E-state index is -1.59. The smallest absolute Gasteiger partial charge is 0.191 e. The largest absolute Gasteiger partial charge is 0.417 e. The molecule has 162 valence electrons. The first-order valence-corrected chi connectivity index (χ1v) is 16.8. The zero-order chi connectivity index (χ0) is 21.9. The van der Waals surface area contributed by atoms with Crippen LogP contribution in [0.5, 0.6) is 0 Å². The van der Waals surface area contributed by atoms with E-state index in [9.17, 15) is 0 Å². The van der Waals surface area contributed by atoms with Gasteiger partial charge in [-0.2, -0.15) is 0 Å². The van der Waals surface area contributed by atoms with Crippen LogP contribution in [0.25, 0.3) is 0 Å². The first-order chi connectivity index (χ1) is 12.7. The molecule has 0 rings (SSSR count). The Morgan fingerprint density at radius 1 is 0.571 bits per heavy atom. The summed E-state index contributed by atoms with van der Waals surface area (Å²) < 4.78 is 12.4. The van der Waals surface area contributed by atoms with E-state index < -0.39 is 16.6 Å². The van der Waals surface area contributed by atoms with E-state index in [4.69, 9.17) is 8.85 Å². The van der Waals surface area contributed by atoms with Crippen molar-refractivity contribution in [2.75, 3.05) is 13.2 Å². The van der Waals surface area contributed by atoms with Crippen molar-refractivity contribution in [3.8, 4) is 23.7 Å². The predicted octanol–water partition coefficient (Wildman–Crippen LogP) is 7.38. The van der Waals surface area contributed by atoms with E-state index in [-0.39, 0.29) is 0 Å². The summed E-state index contributed by atoms with van der Waals surface area (Å²) in [6.45, 7) is 24.6. The maximum absolute atomic E-state index is 6.18. The number of hydrogen-bond acceptors (Lipinski definition) is 2. The third kappa shape index (κ3) is 11.5. The highest BCUT2D eigenvalue weighted by atomic mass is 28.4. The zero-order valence-corrected chi connectivity index (χ0v) is 22.5. The zero-order valence-electron chi connectivity index (χ0n) is 20.5. The summed E-state index contributed by atoms with van der Waals surface area (Å²) in [5, 5.41) is 0.582. The summed E-state index contributed by atoms with van der Waals surface area (Å²) in [7, 11) is -3.18. The topological polar surface area (TPSA) is 18.5 Å². The summed E-state index contributed by atoms with van der Waals surface area (Å²) in [4.78, 5) is 0. The van der Waals surface area contributed by atoms with Crippen LogP contribution >= 0.6 is 0 Å². The Morgan fingerprint density at radius 2 is 0.893 bits per heavy atom. The summed E-state index contributed by atoms with van der Waals surface area (Å²) in [6.07, 6.45) is 6.18. The molecule has 0 unspecified atom stereocenters. The molecule has 0 aliphatic rings. The molecule has 0 amide bonds. The van der Waals surface area contributed by atoms with Crippen LogP contribution in [0, 0.1) is 23.7 Å². The van der Waals surface area contributed by atoms with Gasteiger partial charge in [0, 0.05) is 26.1 Å². The van der Waals surface area contributed by atoms with Crippen LogP contribution in [0.15, 0.2) is 0 Å². The van der Waals surface area contributed by atoms with Crippen molar-refractivity contribution >= 4 is 16.6 Å². The molecular weight excluding hydrogens is 376 g/mol. The molecule has 0 aromatic carbocycles. The van der Waals surface area contributed by atoms with Crippen LogP contribution in [0.4, 0.5) is 0 Å². The van der Waals surface area contributed by atoms with Crippen LogP contribution in [-0.4, -0.2) is 29.8 Å². The first-order valence-electron chi connectivity index (χ1n) is 10.9. The maximum atomic E-state index is 6.18. The van der Waals surface area contributed by atoms with E-state index in [1.807, 2.05) is 0 Å². The number of rotatable bonds is 10. The Bertz CT molecular complexity index is 506. The summed E-state index contributed by atoms with van der Waals surface area (Å²) >= 11 is 0. The summed E-state index contributed by atoms with van der Waals surface area (Å²) in [6, 6.07) is 0. The van der Waals surface area contributed by atoms with Crippen molar-refractivity contribution in [2.45, 2.75) is 116 Å². The predicted molar refractivity (Wildman–Crippen MR) is 130 cm³/mol. The fourth-order valence-corrected chi connectivity index (χ4v) is 4.11. The number of hydrogen-bond donors (Lipinski definition) is 0. The van der Waals surface area contributed by atoms with Gasteiger partial charge < -0.3 is 8.85 Å². The van der Waals surface area contributed by atoms with E-state index >= 15 is 0 Å². The molecule has 0 bridgehead atoms. The Morgan fingerprint density at radius 3 is 1.18 bits per heavy atom. The molecule has 4 heteroatoms. The molecule has 0 saturated carbocycles. The normalized spacial score (nSPS) is 12.8. The Kier molecular flexibility index (Phi) is 12.0. The Balaban J connectivity index is 3.78. The molecule has 0 aromatic rings. The average Bonchev–Trinajstić information content (AvgIpc) is 2.52. The lowest BCUT2D eigenvalue weighted by Crippen LogP contribution is -2.40. The monoisotopic (exact) mass is 422 g/mol. The third-order valence-electron chi connectivity index (χ3n) is 6.17. The Labute approximate surface area is 178 Å². The molecule has 0 aromatic heterocycles. The molecule has 0 saturated heterocycles. The van der Waals surface area contributed by atoms with Crippen molar-refractivity contribution in [2.24, 2.45) is 0 Å². The van der Waals surface area contributed by atoms with Gasteiger partial charge in [0.25, 0.3) is 0 Å². The lowest BCUT2D eigenvalue weighted by Gasteiger charge is -2.36. The van der Waals surface area contributed by atoms with Crippen molar-refractivity contribution in [3.05, 3.63) is 0 Å². The van der Waals surface area contributed by atoms with Crippen molar-refractivity contribution in [1.82, 2.24) is 0 Å². The van der Waals surface area contributed by atoms with E-state index in [2.05, 4.69) is 91.4 Å². The van der Waals surface area contributed by atoms with Gasteiger partial charge in [0.05, 0.1) is 0 Å². The maximum Gasteiger partial charge on any atom is 0.191 e. The van der Waals surface area contributed by atoms with Crippen molar-refractivity contribution in [1.29, 1.82) is 0 Å². The first kappa shape index (κ1) is 27.5. The van der Waals surface area contributed by atoms with E-state index in [0.29, 0.717) is 10.1 Å². The standard InChI is InChI=1S/C24H46O2Si2/c1-23(2,3)27(7,8)25-21-19-17-15-13-11-12-14-16-18-20-22-26-28(9,10)24(4,5)6/h15-22H2,1-10H3. The molecular formula is C24H46O2Si2. The summed E-state index contributed by atoms with van der Waals surface area (Å²) in [5.74, 6) is 12.3. The highest BCUT2D eigenvalue weighted by Gasteiger charge is 2.37. The van der Waals surface area contributed by atoms with Crippen LogP contribution in [0.1, 0.15) is 80.1 Å². The minimum Gasteiger partial charge on any atom is -0.417 e. The second kappa shape index (κ2) is 12.2.